The van der Waals surface area contributed by atoms with Gasteiger partial charge in [-0.25, -0.2) is 4.68 Å². The van der Waals surface area contributed by atoms with Crippen molar-refractivity contribution in [3.63, 3.8) is 0 Å². The highest BCUT2D eigenvalue weighted by Gasteiger charge is 2.11. The van der Waals surface area contributed by atoms with Crippen LogP contribution in [0.3, 0.4) is 0 Å². The van der Waals surface area contributed by atoms with Crippen LogP contribution in [-0.2, 0) is 0 Å². The standard InChI is InChI=1S/C18H16Cl2N4S/c1-12(2)9-22-18-24(23-10-14-4-3-7-21-14)17(11-25-18)15-6-5-13(19)8-16(15)20/h3-8,10-11,21H,1,9H2,2H3. The Labute approximate surface area is 159 Å². The van der Waals surface area contributed by atoms with Crippen LogP contribution < -0.4 is 4.80 Å². The molecule has 1 N–H and O–H groups in total. The molecular formula is C18H16Cl2N4S. The molecule has 0 aliphatic heterocycles. The highest BCUT2D eigenvalue weighted by atomic mass is 35.5. The minimum atomic E-state index is 0.548. The number of aromatic amines is 1. The van der Waals surface area contributed by atoms with Crippen molar-refractivity contribution in [1.29, 1.82) is 0 Å². The lowest BCUT2D eigenvalue weighted by Gasteiger charge is -2.06. The average Bonchev–Trinajstić information content (AvgIpc) is 3.20. The van der Waals surface area contributed by atoms with E-state index in [0.717, 1.165) is 27.3 Å². The molecule has 0 unspecified atom stereocenters. The molecule has 0 spiro atoms. The molecule has 3 rings (SSSR count). The van der Waals surface area contributed by atoms with Crippen molar-refractivity contribution >= 4 is 40.8 Å². The third kappa shape index (κ3) is 4.31. The van der Waals surface area contributed by atoms with Gasteiger partial charge in [0.25, 0.3) is 0 Å². The predicted molar refractivity (Wildman–Crippen MR) is 107 cm³/mol. The zero-order valence-corrected chi connectivity index (χ0v) is 15.9. The van der Waals surface area contributed by atoms with E-state index in [1.54, 1.807) is 17.0 Å². The van der Waals surface area contributed by atoms with Crippen LogP contribution in [0.2, 0.25) is 10.0 Å². The lowest BCUT2D eigenvalue weighted by atomic mass is 10.2. The highest BCUT2D eigenvalue weighted by Crippen LogP contribution is 2.30. The molecule has 0 atom stereocenters. The molecule has 0 bridgehead atoms. The van der Waals surface area contributed by atoms with Gasteiger partial charge in [-0.15, -0.1) is 11.3 Å². The molecule has 0 aliphatic rings. The number of H-pyrrole nitrogens is 1. The molecule has 1 aromatic carbocycles. The molecule has 25 heavy (non-hydrogen) atoms. The van der Waals surface area contributed by atoms with Gasteiger partial charge in [-0.2, -0.15) is 5.10 Å². The quantitative estimate of drug-likeness (QED) is 0.459. The summed E-state index contributed by atoms with van der Waals surface area (Å²) >= 11 is 13.9. The fourth-order valence-corrected chi connectivity index (χ4v) is 3.48. The van der Waals surface area contributed by atoms with Gasteiger partial charge in [0.1, 0.15) is 0 Å². The van der Waals surface area contributed by atoms with E-state index in [-0.39, 0.29) is 0 Å². The Hall–Kier alpha value is -2.08. The molecule has 0 fully saturated rings. The largest absolute Gasteiger partial charge is 0.360 e. The molecule has 3 aromatic rings. The molecule has 0 saturated carbocycles. The van der Waals surface area contributed by atoms with Gasteiger partial charge in [0.05, 0.1) is 29.2 Å². The van der Waals surface area contributed by atoms with Crippen molar-refractivity contribution in [3.05, 3.63) is 74.6 Å². The van der Waals surface area contributed by atoms with E-state index in [1.807, 2.05) is 42.8 Å². The first-order valence-electron chi connectivity index (χ1n) is 7.53. The van der Waals surface area contributed by atoms with Crippen molar-refractivity contribution in [3.8, 4) is 11.3 Å². The lowest BCUT2D eigenvalue weighted by Crippen LogP contribution is -2.13. The zero-order valence-electron chi connectivity index (χ0n) is 13.5. The van der Waals surface area contributed by atoms with E-state index in [0.29, 0.717) is 16.6 Å². The summed E-state index contributed by atoms with van der Waals surface area (Å²) in [7, 11) is 0. The molecule has 0 saturated heterocycles. The van der Waals surface area contributed by atoms with Crippen LogP contribution in [0.5, 0.6) is 0 Å². The maximum Gasteiger partial charge on any atom is 0.206 e. The minimum Gasteiger partial charge on any atom is -0.360 e. The van der Waals surface area contributed by atoms with E-state index >= 15 is 0 Å². The van der Waals surface area contributed by atoms with Crippen LogP contribution >= 0.6 is 34.5 Å². The van der Waals surface area contributed by atoms with Gasteiger partial charge in [0.2, 0.25) is 4.80 Å². The Balaban J connectivity index is 2.11. The molecule has 2 aromatic heterocycles. The SMILES string of the molecule is C=C(C)CN=c1scc(-c2ccc(Cl)cc2Cl)n1N=Cc1ccc[nH]1. The van der Waals surface area contributed by atoms with E-state index in [2.05, 4.69) is 21.7 Å². The molecular weight excluding hydrogens is 375 g/mol. The van der Waals surface area contributed by atoms with Gasteiger partial charge in [-0.1, -0.05) is 35.4 Å². The number of nitrogens with zero attached hydrogens (tertiary/aromatic N) is 3. The zero-order chi connectivity index (χ0) is 17.8. The Morgan fingerprint density at radius 1 is 1.36 bits per heavy atom. The van der Waals surface area contributed by atoms with Crippen LogP contribution in [0.25, 0.3) is 11.3 Å². The third-order valence-electron chi connectivity index (χ3n) is 3.31. The van der Waals surface area contributed by atoms with Gasteiger partial charge in [0.15, 0.2) is 0 Å². The molecule has 0 aliphatic carbocycles. The van der Waals surface area contributed by atoms with Gasteiger partial charge < -0.3 is 4.98 Å². The van der Waals surface area contributed by atoms with Crippen molar-refractivity contribution < 1.29 is 0 Å². The van der Waals surface area contributed by atoms with E-state index in [9.17, 15) is 0 Å². The Morgan fingerprint density at radius 3 is 2.88 bits per heavy atom. The summed E-state index contributed by atoms with van der Waals surface area (Å²) in [6.45, 7) is 6.39. The Kier molecular flexibility index (Phi) is 5.58. The summed E-state index contributed by atoms with van der Waals surface area (Å²) in [5, 5.41) is 7.73. The topological polar surface area (TPSA) is 45.4 Å². The lowest BCUT2D eigenvalue weighted by molar-refractivity contribution is 0.835. The van der Waals surface area contributed by atoms with Crippen LogP contribution in [0.1, 0.15) is 12.6 Å². The summed E-state index contributed by atoms with van der Waals surface area (Å²) in [5.74, 6) is 0. The second kappa shape index (κ2) is 7.87. The van der Waals surface area contributed by atoms with Crippen LogP contribution in [0, 0.1) is 0 Å². The maximum absolute atomic E-state index is 6.38. The number of nitrogens with one attached hydrogen (secondary N) is 1. The second-order valence-corrected chi connectivity index (χ2v) is 7.16. The fraction of sp³-hybridized carbons (Fsp3) is 0.111. The molecule has 0 radical (unpaired) electrons. The second-order valence-electron chi connectivity index (χ2n) is 5.48. The van der Waals surface area contributed by atoms with E-state index < -0.39 is 0 Å². The number of aromatic nitrogens is 2. The Morgan fingerprint density at radius 2 is 2.20 bits per heavy atom. The van der Waals surface area contributed by atoms with Gasteiger partial charge >= 0.3 is 0 Å². The number of hydrogen-bond acceptors (Lipinski definition) is 3. The van der Waals surface area contributed by atoms with Gasteiger partial charge in [-0.3, -0.25) is 4.99 Å². The maximum atomic E-state index is 6.38. The molecule has 7 heteroatoms. The van der Waals surface area contributed by atoms with Crippen LogP contribution in [0.4, 0.5) is 0 Å². The summed E-state index contributed by atoms with van der Waals surface area (Å²) in [6.07, 6.45) is 3.60. The number of benzene rings is 1. The van der Waals surface area contributed by atoms with Crippen LogP contribution in [0.15, 0.2) is 64.2 Å². The van der Waals surface area contributed by atoms with Crippen LogP contribution in [-0.4, -0.2) is 22.4 Å². The first-order valence-corrected chi connectivity index (χ1v) is 9.17. The van der Waals surface area contributed by atoms with Gasteiger partial charge in [-0.05, 0) is 37.3 Å². The van der Waals surface area contributed by atoms with E-state index in [1.165, 1.54) is 11.3 Å². The third-order valence-corrected chi connectivity index (χ3v) is 4.71. The van der Waals surface area contributed by atoms with Crippen molar-refractivity contribution in [2.75, 3.05) is 6.54 Å². The van der Waals surface area contributed by atoms with Crippen molar-refractivity contribution in [2.24, 2.45) is 10.1 Å². The molecule has 4 nitrogen and oxygen atoms in total. The van der Waals surface area contributed by atoms with Crippen molar-refractivity contribution in [1.82, 2.24) is 9.66 Å². The summed E-state index contributed by atoms with van der Waals surface area (Å²) in [4.78, 5) is 8.46. The average molecular weight is 391 g/mol. The first kappa shape index (κ1) is 17.7. The summed E-state index contributed by atoms with van der Waals surface area (Å²) < 4.78 is 1.78. The van der Waals surface area contributed by atoms with Gasteiger partial charge in [0, 0.05) is 22.2 Å². The number of halogens is 2. The van der Waals surface area contributed by atoms with E-state index in [4.69, 9.17) is 23.2 Å². The monoisotopic (exact) mass is 390 g/mol. The summed E-state index contributed by atoms with van der Waals surface area (Å²) in [5.41, 5.74) is 3.59. The number of thiazole rings is 1. The minimum absolute atomic E-state index is 0.548. The normalized spacial score (nSPS) is 12.2. The fourth-order valence-electron chi connectivity index (χ4n) is 2.15. The molecule has 128 valence electrons. The first-order chi connectivity index (χ1) is 12.0. The number of rotatable bonds is 5. The number of hydrogen-bond donors (Lipinski definition) is 1. The molecule has 0 amide bonds. The van der Waals surface area contributed by atoms with Crippen molar-refractivity contribution in [2.45, 2.75) is 6.92 Å². The highest BCUT2D eigenvalue weighted by molar-refractivity contribution is 7.07. The molecule has 2 heterocycles. The Bertz CT molecular complexity index is 981. The summed E-state index contributed by atoms with van der Waals surface area (Å²) in [6, 6.07) is 9.28. The predicted octanol–water partition coefficient (Wildman–Crippen LogP) is 5.21. The smallest absolute Gasteiger partial charge is 0.206 e.